The van der Waals surface area contributed by atoms with Gasteiger partial charge < -0.3 is 0 Å². The molecule has 0 saturated heterocycles. The first-order valence-corrected chi connectivity index (χ1v) is 6.69. The Balaban J connectivity index is 1.96. The van der Waals surface area contributed by atoms with Crippen LogP contribution in [0.2, 0.25) is 0 Å². The van der Waals surface area contributed by atoms with E-state index in [0.717, 1.165) is 29.0 Å². The Bertz CT molecular complexity index is 600. The van der Waals surface area contributed by atoms with Crippen LogP contribution in [0.5, 0.6) is 0 Å². The molecular formula is C12H9BrN2OS. The van der Waals surface area contributed by atoms with E-state index in [1.54, 1.807) is 0 Å². The van der Waals surface area contributed by atoms with Crippen molar-refractivity contribution in [3.8, 4) is 0 Å². The first-order chi connectivity index (χ1) is 8.33. The van der Waals surface area contributed by atoms with Crippen LogP contribution in [0.25, 0.3) is 10.8 Å². The largest absolute Gasteiger partial charge is 0.297 e. The normalized spacial score (nSPS) is 14.3. The molecule has 0 aliphatic carbocycles. The smallest absolute Gasteiger partial charge is 0.208 e. The molecule has 5 heteroatoms. The average Bonchev–Trinajstić information content (AvgIpc) is 2.82. The summed E-state index contributed by atoms with van der Waals surface area (Å²) < 4.78 is 8.94. The summed E-state index contributed by atoms with van der Waals surface area (Å²) in [4.78, 5) is 0. The molecule has 0 fully saturated rings. The molecule has 2 aromatic carbocycles. The summed E-state index contributed by atoms with van der Waals surface area (Å²) in [6.45, 7) is 0. The number of halogens is 1. The van der Waals surface area contributed by atoms with Gasteiger partial charge in [0.2, 0.25) is 12.2 Å². The van der Waals surface area contributed by atoms with Gasteiger partial charge in [0.15, 0.2) is 5.84 Å². The molecular weight excluding hydrogens is 300 g/mol. The number of hydrogen-bond acceptors (Lipinski definition) is 4. The molecule has 1 aliphatic rings. The summed E-state index contributed by atoms with van der Waals surface area (Å²) in [6, 6.07) is 12.6. The summed E-state index contributed by atoms with van der Waals surface area (Å²) in [5, 5.41) is 6.34. The summed E-state index contributed by atoms with van der Waals surface area (Å²) >= 11 is 4.70. The highest BCUT2D eigenvalue weighted by Gasteiger charge is 2.09. The maximum Gasteiger partial charge on any atom is 0.208 e. The molecule has 0 amide bonds. The summed E-state index contributed by atoms with van der Waals surface area (Å²) in [5.41, 5.74) is 1.22. The third kappa shape index (κ3) is 2.25. The van der Waals surface area contributed by atoms with E-state index in [-0.39, 0.29) is 0 Å². The van der Waals surface area contributed by atoms with Crippen molar-refractivity contribution < 1.29 is 4.28 Å². The van der Waals surface area contributed by atoms with Crippen LogP contribution >= 0.6 is 28.2 Å². The molecule has 0 saturated carbocycles. The topological polar surface area (TPSA) is 33.6 Å². The Labute approximate surface area is 112 Å². The minimum atomic E-state index is 0.759. The van der Waals surface area contributed by atoms with Crippen LogP contribution in [0.3, 0.4) is 0 Å². The number of benzene rings is 2. The molecule has 0 aromatic heterocycles. The summed E-state index contributed by atoms with van der Waals surface area (Å²) in [6.07, 6.45) is 0.759. The van der Waals surface area contributed by atoms with Crippen molar-refractivity contribution in [2.45, 2.75) is 6.42 Å². The second-order valence-electron chi connectivity index (χ2n) is 3.77. The van der Waals surface area contributed by atoms with Gasteiger partial charge >= 0.3 is 0 Å². The van der Waals surface area contributed by atoms with Gasteiger partial charge in [-0.2, -0.15) is 0 Å². The van der Waals surface area contributed by atoms with Crippen molar-refractivity contribution in [1.29, 1.82) is 0 Å². The number of oxime groups is 1. The molecule has 86 valence electrons. The zero-order valence-corrected chi connectivity index (χ0v) is 11.2. The fraction of sp³-hybridized carbons (Fsp3) is 0.0833. The van der Waals surface area contributed by atoms with Gasteiger partial charge in [-0.25, -0.2) is 0 Å². The Hall–Kier alpha value is -1.20. The van der Waals surface area contributed by atoms with Gasteiger partial charge in [0.1, 0.15) is 0 Å². The van der Waals surface area contributed by atoms with E-state index in [0.29, 0.717) is 0 Å². The Morgan fingerprint density at radius 1 is 1.29 bits per heavy atom. The lowest BCUT2D eigenvalue weighted by Crippen LogP contribution is -2.13. The highest BCUT2D eigenvalue weighted by Crippen LogP contribution is 2.25. The molecule has 0 bridgehead atoms. The highest BCUT2D eigenvalue weighted by molar-refractivity contribution is 9.10. The lowest BCUT2D eigenvalue weighted by Gasteiger charge is -2.04. The standard InChI is InChI=1S/C12H9BrN2OS/c13-11-3-1-2-9-6-8(4-5-10(9)11)7-12-14-16-17-15-12/h1-6H,7H2,(H,14,15). The quantitative estimate of drug-likeness (QED) is 0.679. The maximum absolute atomic E-state index is 4.82. The van der Waals surface area contributed by atoms with E-state index in [2.05, 4.69) is 56.1 Å². The lowest BCUT2D eigenvalue weighted by molar-refractivity contribution is 0.415. The lowest BCUT2D eigenvalue weighted by atomic mass is 10.0. The van der Waals surface area contributed by atoms with Crippen molar-refractivity contribution in [1.82, 2.24) is 4.72 Å². The second-order valence-corrected chi connectivity index (χ2v) is 5.14. The van der Waals surface area contributed by atoms with E-state index in [1.807, 2.05) is 6.07 Å². The Morgan fingerprint density at radius 3 is 3.06 bits per heavy atom. The van der Waals surface area contributed by atoms with Gasteiger partial charge in [0.05, 0.1) is 0 Å². The molecule has 1 heterocycles. The number of nitrogens with one attached hydrogen (secondary N) is 1. The van der Waals surface area contributed by atoms with Crippen LogP contribution < -0.4 is 4.72 Å². The molecule has 0 atom stereocenters. The van der Waals surface area contributed by atoms with Crippen LogP contribution in [0.15, 0.2) is 46.0 Å². The SMILES string of the molecule is Brc1cccc2cc(CC3=NOSN3)ccc12. The molecule has 0 radical (unpaired) electrons. The van der Waals surface area contributed by atoms with Gasteiger partial charge in [0, 0.05) is 10.9 Å². The minimum absolute atomic E-state index is 0.759. The zero-order chi connectivity index (χ0) is 11.7. The van der Waals surface area contributed by atoms with E-state index in [9.17, 15) is 0 Å². The van der Waals surface area contributed by atoms with Crippen LogP contribution in [-0.2, 0) is 10.7 Å². The highest BCUT2D eigenvalue weighted by atomic mass is 79.9. The summed E-state index contributed by atoms with van der Waals surface area (Å²) in [7, 11) is 0. The van der Waals surface area contributed by atoms with E-state index < -0.39 is 0 Å². The Morgan fingerprint density at radius 2 is 2.24 bits per heavy atom. The number of hydrogen-bond donors (Lipinski definition) is 1. The van der Waals surface area contributed by atoms with Gasteiger partial charge in [-0.15, -0.1) is 0 Å². The summed E-state index contributed by atoms with van der Waals surface area (Å²) in [5.74, 6) is 0.851. The molecule has 2 aromatic rings. The molecule has 17 heavy (non-hydrogen) atoms. The fourth-order valence-electron chi connectivity index (χ4n) is 1.81. The number of fused-ring (bicyclic) bond motifs is 1. The van der Waals surface area contributed by atoms with Gasteiger partial charge in [-0.3, -0.25) is 9.01 Å². The van der Waals surface area contributed by atoms with Crippen molar-refractivity contribution in [2.24, 2.45) is 5.16 Å². The number of amidine groups is 1. The molecule has 1 aliphatic heterocycles. The van der Waals surface area contributed by atoms with Gasteiger partial charge in [-0.05, 0) is 22.4 Å². The van der Waals surface area contributed by atoms with Crippen LogP contribution in [-0.4, -0.2) is 5.84 Å². The molecule has 0 unspecified atom stereocenters. The Kier molecular flexibility index (Phi) is 2.94. The van der Waals surface area contributed by atoms with Crippen LogP contribution in [0.1, 0.15) is 5.56 Å². The third-order valence-electron chi connectivity index (χ3n) is 2.61. The van der Waals surface area contributed by atoms with Crippen LogP contribution in [0.4, 0.5) is 0 Å². The third-order valence-corrected chi connectivity index (χ3v) is 3.77. The minimum Gasteiger partial charge on any atom is -0.297 e. The molecule has 3 nitrogen and oxygen atoms in total. The monoisotopic (exact) mass is 308 g/mol. The average molecular weight is 309 g/mol. The van der Waals surface area contributed by atoms with E-state index >= 15 is 0 Å². The van der Waals surface area contributed by atoms with E-state index in [4.69, 9.17) is 4.28 Å². The van der Waals surface area contributed by atoms with Gasteiger partial charge in [-0.1, -0.05) is 51.4 Å². The van der Waals surface area contributed by atoms with Crippen molar-refractivity contribution in [2.75, 3.05) is 0 Å². The van der Waals surface area contributed by atoms with Gasteiger partial charge in [0.25, 0.3) is 0 Å². The second kappa shape index (κ2) is 4.58. The predicted octanol–water partition coefficient (Wildman–Crippen LogP) is 3.64. The van der Waals surface area contributed by atoms with Crippen LogP contribution in [0, 0.1) is 0 Å². The predicted molar refractivity (Wildman–Crippen MR) is 74.6 cm³/mol. The molecule has 1 N–H and O–H groups in total. The maximum atomic E-state index is 4.82. The van der Waals surface area contributed by atoms with E-state index in [1.165, 1.54) is 16.3 Å². The first kappa shape index (κ1) is 10.9. The molecule has 3 rings (SSSR count). The molecule has 0 spiro atoms. The first-order valence-electron chi connectivity index (χ1n) is 5.16. The number of nitrogens with zero attached hydrogens (tertiary/aromatic N) is 1. The van der Waals surface area contributed by atoms with Crippen molar-refractivity contribution in [3.63, 3.8) is 0 Å². The van der Waals surface area contributed by atoms with Crippen molar-refractivity contribution >= 4 is 44.8 Å². The number of rotatable bonds is 2. The van der Waals surface area contributed by atoms with Crippen molar-refractivity contribution in [3.05, 3.63) is 46.4 Å². The fourth-order valence-corrected chi connectivity index (χ4v) is 2.70. The zero-order valence-electron chi connectivity index (χ0n) is 8.81.